The number of carbonyl (C=O) groups excluding carboxylic acids is 1. The summed E-state index contributed by atoms with van der Waals surface area (Å²) in [6, 6.07) is 8.60. The third kappa shape index (κ3) is 5.01. The third-order valence-corrected chi connectivity index (χ3v) is 3.91. The monoisotopic (exact) mass is 305 g/mol. The highest BCUT2D eigenvalue weighted by atomic mass is 32.1. The lowest BCUT2D eigenvalue weighted by Gasteiger charge is -2.20. The molecule has 1 saturated carbocycles. The number of anilines is 1. The first-order chi connectivity index (χ1) is 9.95. The molecule has 0 saturated heterocycles. The molecule has 2 N–H and O–H groups in total. The van der Waals surface area contributed by atoms with E-state index in [-0.39, 0.29) is 12.5 Å². The summed E-state index contributed by atoms with van der Waals surface area (Å²) >= 11 is 5.33. The lowest BCUT2D eigenvalue weighted by atomic mass is 10.0. The van der Waals surface area contributed by atoms with Crippen molar-refractivity contribution in [1.82, 2.24) is 10.2 Å². The van der Waals surface area contributed by atoms with E-state index in [1.54, 1.807) is 4.90 Å². The number of rotatable bonds is 5. The van der Waals surface area contributed by atoms with Gasteiger partial charge < -0.3 is 15.5 Å². The molecule has 0 aromatic heterocycles. The van der Waals surface area contributed by atoms with Crippen LogP contribution in [0.5, 0.6) is 0 Å². The Labute approximate surface area is 131 Å². The van der Waals surface area contributed by atoms with Gasteiger partial charge in [-0.25, -0.2) is 0 Å². The minimum Gasteiger partial charge on any atom is -0.352 e. The summed E-state index contributed by atoms with van der Waals surface area (Å²) in [4.78, 5) is 13.5. The van der Waals surface area contributed by atoms with Crippen molar-refractivity contribution in [2.75, 3.05) is 18.9 Å². The molecule has 1 aromatic carbocycles. The van der Waals surface area contributed by atoms with Crippen LogP contribution in [0.2, 0.25) is 0 Å². The van der Waals surface area contributed by atoms with Gasteiger partial charge in [-0.1, -0.05) is 26.0 Å². The van der Waals surface area contributed by atoms with E-state index in [1.165, 1.54) is 5.56 Å². The van der Waals surface area contributed by atoms with Crippen LogP contribution in [0.25, 0.3) is 0 Å². The molecule has 1 aliphatic carbocycles. The van der Waals surface area contributed by atoms with Crippen LogP contribution in [0.1, 0.15) is 38.2 Å². The van der Waals surface area contributed by atoms with Gasteiger partial charge in [0.25, 0.3) is 0 Å². The minimum absolute atomic E-state index is 0.0271. The predicted molar refractivity (Wildman–Crippen MR) is 90.5 cm³/mol. The van der Waals surface area contributed by atoms with Crippen LogP contribution in [-0.2, 0) is 4.79 Å². The van der Waals surface area contributed by atoms with Crippen LogP contribution in [0, 0.1) is 0 Å². The molecule has 114 valence electrons. The van der Waals surface area contributed by atoms with E-state index in [2.05, 4.69) is 36.6 Å². The zero-order chi connectivity index (χ0) is 15.4. The molecule has 1 aliphatic rings. The smallest absolute Gasteiger partial charge is 0.239 e. The molecule has 0 atom stereocenters. The normalized spacial score (nSPS) is 13.9. The van der Waals surface area contributed by atoms with E-state index < -0.39 is 0 Å². The molecule has 0 spiro atoms. The average Bonchev–Trinajstić information content (AvgIpc) is 3.22. The van der Waals surface area contributed by atoms with Gasteiger partial charge in [0, 0.05) is 18.8 Å². The van der Waals surface area contributed by atoms with E-state index in [0.29, 0.717) is 17.1 Å². The van der Waals surface area contributed by atoms with Gasteiger partial charge in [0.2, 0.25) is 5.91 Å². The number of thiocarbonyl (C=S) groups is 1. The van der Waals surface area contributed by atoms with E-state index in [0.717, 1.165) is 18.5 Å². The fourth-order valence-corrected chi connectivity index (χ4v) is 2.14. The lowest BCUT2D eigenvalue weighted by Crippen LogP contribution is -2.40. The summed E-state index contributed by atoms with van der Waals surface area (Å²) in [5.41, 5.74) is 2.24. The van der Waals surface area contributed by atoms with Crippen molar-refractivity contribution in [3.05, 3.63) is 29.8 Å². The molecule has 0 bridgehead atoms. The van der Waals surface area contributed by atoms with Gasteiger partial charge in [0.15, 0.2) is 5.11 Å². The number of nitrogens with one attached hydrogen (secondary N) is 2. The van der Waals surface area contributed by atoms with Crippen LogP contribution in [0.3, 0.4) is 0 Å². The number of hydrogen-bond donors (Lipinski definition) is 2. The number of likely N-dealkylation sites (N-methyl/N-ethyl adjacent to an activating group) is 1. The van der Waals surface area contributed by atoms with E-state index in [9.17, 15) is 4.79 Å². The van der Waals surface area contributed by atoms with E-state index >= 15 is 0 Å². The Bertz CT molecular complexity index is 509. The first-order valence-electron chi connectivity index (χ1n) is 7.37. The van der Waals surface area contributed by atoms with Gasteiger partial charge >= 0.3 is 0 Å². The Morgan fingerprint density at radius 1 is 1.33 bits per heavy atom. The summed E-state index contributed by atoms with van der Waals surface area (Å²) < 4.78 is 0. The Morgan fingerprint density at radius 2 is 1.95 bits per heavy atom. The second-order valence-electron chi connectivity index (χ2n) is 5.90. The van der Waals surface area contributed by atoms with Gasteiger partial charge in [-0.05, 0) is 48.7 Å². The van der Waals surface area contributed by atoms with E-state index in [4.69, 9.17) is 12.2 Å². The largest absolute Gasteiger partial charge is 0.352 e. The maximum atomic E-state index is 11.7. The Morgan fingerprint density at radius 3 is 2.48 bits per heavy atom. The summed E-state index contributed by atoms with van der Waals surface area (Å²) in [7, 11) is 1.82. The number of benzene rings is 1. The predicted octanol–water partition coefficient (Wildman–Crippen LogP) is 2.72. The van der Waals surface area contributed by atoms with Gasteiger partial charge in [-0.15, -0.1) is 0 Å². The van der Waals surface area contributed by atoms with Crippen LogP contribution < -0.4 is 10.6 Å². The fraction of sp³-hybridized carbons (Fsp3) is 0.500. The highest BCUT2D eigenvalue weighted by Crippen LogP contribution is 2.19. The molecular weight excluding hydrogens is 282 g/mol. The first kappa shape index (κ1) is 15.8. The van der Waals surface area contributed by atoms with Crippen molar-refractivity contribution in [2.24, 2.45) is 0 Å². The highest BCUT2D eigenvalue weighted by Gasteiger charge is 2.23. The van der Waals surface area contributed by atoms with Crippen molar-refractivity contribution in [1.29, 1.82) is 0 Å². The molecular formula is C16H23N3OS. The summed E-state index contributed by atoms with van der Waals surface area (Å²) in [6.07, 6.45) is 2.20. The number of hydrogen-bond acceptors (Lipinski definition) is 2. The maximum absolute atomic E-state index is 11.7. The van der Waals surface area contributed by atoms with Gasteiger partial charge in [-0.3, -0.25) is 4.79 Å². The quantitative estimate of drug-likeness (QED) is 0.821. The molecule has 21 heavy (non-hydrogen) atoms. The van der Waals surface area contributed by atoms with Crippen molar-refractivity contribution in [3.63, 3.8) is 0 Å². The molecule has 5 heteroatoms. The molecule has 1 amide bonds. The van der Waals surface area contributed by atoms with E-state index in [1.807, 2.05) is 19.2 Å². The SMILES string of the molecule is CC(C)c1ccc(NC(=S)N(C)CC(=O)NC2CC2)cc1. The van der Waals surface area contributed by atoms with Crippen molar-refractivity contribution < 1.29 is 4.79 Å². The van der Waals surface area contributed by atoms with Crippen molar-refractivity contribution in [3.8, 4) is 0 Å². The topological polar surface area (TPSA) is 44.4 Å². The zero-order valence-electron chi connectivity index (χ0n) is 12.8. The standard InChI is InChI=1S/C16H23N3OS/c1-11(2)12-4-6-14(7-5-12)18-16(21)19(3)10-15(20)17-13-8-9-13/h4-7,11,13H,8-10H2,1-3H3,(H,17,20)(H,18,21). The number of nitrogens with zero attached hydrogens (tertiary/aromatic N) is 1. The Balaban J connectivity index is 1.83. The van der Waals surface area contributed by atoms with Gasteiger partial charge in [0.1, 0.15) is 0 Å². The molecule has 0 radical (unpaired) electrons. The number of carbonyl (C=O) groups is 1. The van der Waals surface area contributed by atoms with Gasteiger partial charge in [-0.2, -0.15) is 0 Å². The van der Waals surface area contributed by atoms with Crippen LogP contribution in [0.15, 0.2) is 24.3 Å². The van der Waals surface area contributed by atoms with Gasteiger partial charge in [0.05, 0.1) is 6.54 Å². The Hall–Kier alpha value is -1.62. The second kappa shape index (κ2) is 6.89. The first-order valence-corrected chi connectivity index (χ1v) is 7.78. The van der Waals surface area contributed by atoms with Crippen LogP contribution in [0.4, 0.5) is 5.69 Å². The molecule has 4 nitrogen and oxygen atoms in total. The fourth-order valence-electron chi connectivity index (χ4n) is 1.96. The molecule has 0 unspecified atom stereocenters. The second-order valence-corrected chi connectivity index (χ2v) is 6.29. The molecule has 1 fully saturated rings. The molecule has 0 heterocycles. The lowest BCUT2D eigenvalue weighted by molar-refractivity contribution is -0.121. The average molecular weight is 305 g/mol. The van der Waals surface area contributed by atoms with Crippen molar-refractivity contribution >= 4 is 28.9 Å². The van der Waals surface area contributed by atoms with Crippen molar-refractivity contribution in [2.45, 2.75) is 38.6 Å². The summed E-state index contributed by atoms with van der Waals surface area (Å²) in [6.45, 7) is 4.62. The zero-order valence-corrected chi connectivity index (χ0v) is 13.7. The molecule has 2 rings (SSSR count). The third-order valence-electron chi connectivity index (χ3n) is 3.50. The number of amides is 1. The Kier molecular flexibility index (Phi) is 5.17. The summed E-state index contributed by atoms with van der Waals surface area (Å²) in [5.74, 6) is 0.541. The summed E-state index contributed by atoms with van der Waals surface area (Å²) in [5, 5.41) is 6.67. The van der Waals surface area contributed by atoms with Crippen LogP contribution in [-0.4, -0.2) is 35.6 Å². The highest BCUT2D eigenvalue weighted by molar-refractivity contribution is 7.80. The van der Waals surface area contributed by atoms with Crippen LogP contribution >= 0.6 is 12.2 Å². The molecule has 1 aromatic rings. The minimum atomic E-state index is 0.0271. The molecule has 0 aliphatic heterocycles. The maximum Gasteiger partial charge on any atom is 0.239 e.